The van der Waals surface area contributed by atoms with Gasteiger partial charge in [0.25, 0.3) is 0 Å². The Balaban J connectivity index is 1.46. The van der Waals surface area contributed by atoms with Gasteiger partial charge in [0.2, 0.25) is 11.8 Å². The summed E-state index contributed by atoms with van der Waals surface area (Å²) in [6.07, 6.45) is 11.6. The Labute approximate surface area is 198 Å². The molecule has 1 atom stereocenters. The van der Waals surface area contributed by atoms with Crippen molar-refractivity contribution >= 4 is 57.6 Å². The first-order valence-electron chi connectivity index (χ1n) is 11.3. The molecule has 0 spiro atoms. The standard InChI is InChI=1S/C23H29Cl2N3O2S/c24-18-12-11-16(13-19(18)25)26-21(29)14-20-22(30)28(17-9-5-2-6-10-17)23(31-20)27-15-7-3-1-4-8-15/h11-13,15,17,20H,1-10,14H2,(H,26,29). The molecule has 1 saturated heterocycles. The lowest BCUT2D eigenvalue weighted by Crippen LogP contribution is -2.43. The molecule has 0 aromatic heterocycles. The van der Waals surface area contributed by atoms with Gasteiger partial charge in [-0.1, -0.05) is 73.5 Å². The molecule has 1 aromatic carbocycles. The number of hydrogen-bond donors (Lipinski definition) is 1. The zero-order valence-corrected chi connectivity index (χ0v) is 19.9. The van der Waals surface area contributed by atoms with Crippen LogP contribution in [0.4, 0.5) is 5.69 Å². The molecule has 2 aliphatic carbocycles. The van der Waals surface area contributed by atoms with E-state index in [2.05, 4.69) is 5.32 Å². The highest BCUT2D eigenvalue weighted by Crippen LogP contribution is 2.37. The molecule has 3 fully saturated rings. The summed E-state index contributed by atoms with van der Waals surface area (Å²) in [6.45, 7) is 0. The number of hydrogen-bond acceptors (Lipinski definition) is 4. The molecule has 5 nitrogen and oxygen atoms in total. The van der Waals surface area contributed by atoms with Crippen molar-refractivity contribution in [1.82, 2.24) is 4.90 Å². The van der Waals surface area contributed by atoms with Gasteiger partial charge in [0.1, 0.15) is 5.25 Å². The lowest BCUT2D eigenvalue weighted by molar-refractivity contribution is -0.130. The second kappa shape index (κ2) is 10.6. The van der Waals surface area contributed by atoms with Crippen LogP contribution in [0, 0.1) is 0 Å². The number of nitrogens with zero attached hydrogens (tertiary/aromatic N) is 2. The molecule has 2 amide bonds. The maximum atomic E-state index is 13.3. The van der Waals surface area contributed by atoms with Crippen LogP contribution in [0.1, 0.15) is 70.6 Å². The van der Waals surface area contributed by atoms with Crippen LogP contribution in [-0.2, 0) is 9.59 Å². The summed E-state index contributed by atoms with van der Waals surface area (Å²) >= 11 is 13.5. The lowest BCUT2D eigenvalue weighted by Gasteiger charge is -2.31. The third kappa shape index (κ3) is 5.77. The zero-order valence-electron chi connectivity index (χ0n) is 17.6. The van der Waals surface area contributed by atoms with Crippen LogP contribution in [0.2, 0.25) is 10.0 Å². The zero-order chi connectivity index (χ0) is 21.8. The minimum Gasteiger partial charge on any atom is -0.326 e. The number of halogens is 2. The van der Waals surface area contributed by atoms with E-state index in [1.54, 1.807) is 18.2 Å². The number of thioether (sulfide) groups is 1. The molecule has 8 heteroatoms. The van der Waals surface area contributed by atoms with Gasteiger partial charge in [0.05, 0.1) is 16.1 Å². The quantitative estimate of drug-likeness (QED) is 0.537. The minimum absolute atomic E-state index is 0.0377. The number of carbonyl (C=O) groups is 2. The molecule has 0 radical (unpaired) electrons. The Morgan fingerprint density at radius 3 is 2.39 bits per heavy atom. The van der Waals surface area contributed by atoms with Crippen LogP contribution in [0.3, 0.4) is 0 Å². The van der Waals surface area contributed by atoms with Crippen molar-refractivity contribution in [2.24, 2.45) is 4.99 Å². The molecule has 168 valence electrons. The maximum Gasteiger partial charge on any atom is 0.242 e. The largest absolute Gasteiger partial charge is 0.326 e. The maximum absolute atomic E-state index is 13.3. The second-order valence-electron chi connectivity index (χ2n) is 8.69. The van der Waals surface area contributed by atoms with Gasteiger partial charge in [-0.25, -0.2) is 0 Å². The van der Waals surface area contributed by atoms with E-state index in [0.717, 1.165) is 43.7 Å². The van der Waals surface area contributed by atoms with Crippen molar-refractivity contribution in [2.45, 2.75) is 88.0 Å². The molecule has 1 heterocycles. The summed E-state index contributed by atoms with van der Waals surface area (Å²) in [5.74, 6) is -0.164. The smallest absolute Gasteiger partial charge is 0.242 e. The van der Waals surface area contributed by atoms with Crippen molar-refractivity contribution in [3.05, 3.63) is 28.2 Å². The first kappa shape index (κ1) is 22.9. The fourth-order valence-electron chi connectivity index (χ4n) is 4.70. The molecule has 1 unspecified atom stereocenters. The van der Waals surface area contributed by atoms with Gasteiger partial charge < -0.3 is 5.32 Å². The van der Waals surface area contributed by atoms with Crippen molar-refractivity contribution in [1.29, 1.82) is 0 Å². The highest BCUT2D eigenvalue weighted by Gasteiger charge is 2.43. The van der Waals surface area contributed by atoms with E-state index in [1.807, 2.05) is 4.90 Å². The molecule has 2 saturated carbocycles. The second-order valence-corrected chi connectivity index (χ2v) is 10.7. The predicted octanol–water partition coefficient (Wildman–Crippen LogP) is 6.29. The topological polar surface area (TPSA) is 61.8 Å². The molecule has 1 N–H and O–H groups in total. The average Bonchev–Trinajstić information content (AvgIpc) is 3.06. The van der Waals surface area contributed by atoms with Crippen molar-refractivity contribution < 1.29 is 9.59 Å². The third-order valence-corrected chi connectivity index (χ3v) is 8.25. The van der Waals surface area contributed by atoms with Crippen LogP contribution in [-0.4, -0.2) is 39.2 Å². The first-order chi connectivity index (χ1) is 15.0. The number of anilines is 1. The Morgan fingerprint density at radius 2 is 1.71 bits per heavy atom. The van der Waals surface area contributed by atoms with Crippen LogP contribution in [0.25, 0.3) is 0 Å². The van der Waals surface area contributed by atoms with Gasteiger partial charge in [-0.2, -0.15) is 0 Å². The number of amides is 2. The molecular weight excluding hydrogens is 453 g/mol. The van der Waals surface area contributed by atoms with E-state index in [9.17, 15) is 9.59 Å². The van der Waals surface area contributed by atoms with E-state index in [4.69, 9.17) is 28.2 Å². The lowest BCUT2D eigenvalue weighted by atomic mass is 9.94. The molecular formula is C23H29Cl2N3O2S. The summed E-state index contributed by atoms with van der Waals surface area (Å²) in [5.41, 5.74) is 0.579. The summed E-state index contributed by atoms with van der Waals surface area (Å²) in [6, 6.07) is 5.50. The predicted molar refractivity (Wildman–Crippen MR) is 129 cm³/mol. The number of aliphatic imine (C=N–C) groups is 1. The van der Waals surface area contributed by atoms with E-state index in [1.165, 1.54) is 37.4 Å². The summed E-state index contributed by atoms with van der Waals surface area (Å²) in [7, 11) is 0. The first-order valence-corrected chi connectivity index (χ1v) is 13.0. The van der Waals surface area contributed by atoms with E-state index in [-0.39, 0.29) is 24.3 Å². The number of amidine groups is 1. The van der Waals surface area contributed by atoms with Crippen LogP contribution < -0.4 is 5.32 Å². The van der Waals surface area contributed by atoms with Gasteiger partial charge in [0, 0.05) is 18.2 Å². The minimum atomic E-state index is -0.424. The monoisotopic (exact) mass is 481 g/mol. The Morgan fingerprint density at radius 1 is 1.03 bits per heavy atom. The SMILES string of the molecule is O=C(CC1SC(=NC2CCCCC2)N(C2CCCCC2)C1=O)Nc1ccc(Cl)c(Cl)c1. The highest BCUT2D eigenvalue weighted by molar-refractivity contribution is 8.15. The summed E-state index contributed by atoms with van der Waals surface area (Å²) in [4.78, 5) is 33.0. The third-order valence-electron chi connectivity index (χ3n) is 6.35. The fraction of sp³-hybridized carbons (Fsp3) is 0.609. The number of nitrogens with one attached hydrogen (secondary N) is 1. The highest BCUT2D eigenvalue weighted by atomic mass is 35.5. The molecule has 31 heavy (non-hydrogen) atoms. The normalized spacial score (nSPS) is 24.7. The number of benzene rings is 1. The van der Waals surface area contributed by atoms with E-state index < -0.39 is 5.25 Å². The Kier molecular flexibility index (Phi) is 7.83. The van der Waals surface area contributed by atoms with E-state index in [0.29, 0.717) is 21.8 Å². The van der Waals surface area contributed by atoms with Crippen LogP contribution in [0.5, 0.6) is 0 Å². The molecule has 0 bridgehead atoms. The van der Waals surface area contributed by atoms with Crippen molar-refractivity contribution in [3.63, 3.8) is 0 Å². The van der Waals surface area contributed by atoms with Gasteiger partial charge in [0.15, 0.2) is 5.17 Å². The Hall–Kier alpha value is -1.24. The van der Waals surface area contributed by atoms with Gasteiger partial charge in [-0.3, -0.25) is 19.5 Å². The van der Waals surface area contributed by atoms with Gasteiger partial charge in [-0.15, -0.1) is 0 Å². The van der Waals surface area contributed by atoms with Crippen LogP contribution in [0.15, 0.2) is 23.2 Å². The van der Waals surface area contributed by atoms with Crippen molar-refractivity contribution in [2.75, 3.05) is 5.32 Å². The van der Waals surface area contributed by atoms with Crippen LogP contribution >= 0.6 is 35.0 Å². The fourth-order valence-corrected chi connectivity index (χ4v) is 6.27. The van der Waals surface area contributed by atoms with Gasteiger partial charge in [-0.05, 0) is 43.9 Å². The van der Waals surface area contributed by atoms with Gasteiger partial charge >= 0.3 is 0 Å². The molecule has 1 aromatic rings. The summed E-state index contributed by atoms with van der Waals surface area (Å²) < 4.78 is 0. The Bertz CT molecular complexity index is 851. The molecule has 3 aliphatic rings. The average molecular weight is 482 g/mol. The number of carbonyl (C=O) groups excluding carboxylic acids is 2. The molecule has 1 aliphatic heterocycles. The van der Waals surface area contributed by atoms with E-state index >= 15 is 0 Å². The number of rotatable bonds is 5. The van der Waals surface area contributed by atoms with Crippen molar-refractivity contribution in [3.8, 4) is 0 Å². The summed E-state index contributed by atoms with van der Waals surface area (Å²) in [5, 5.41) is 4.08. The molecule has 4 rings (SSSR count).